The zero-order valence-electron chi connectivity index (χ0n) is 9.84. The van der Waals surface area contributed by atoms with Gasteiger partial charge in [-0.1, -0.05) is 13.8 Å². The van der Waals surface area contributed by atoms with Crippen LogP contribution in [0.1, 0.15) is 33.6 Å². The number of rotatable bonds is 5. The molecule has 0 rings (SSSR count). The monoisotopic (exact) mass is 240 g/mol. The van der Waals surface area contributed by atoms with E-state index in [1.54, 1.807) is 13.8 Å². The van der Waals surface area contributed by atoms with Gasteiger partial charge in [0, 0.05) is 6.04 Å². The van der Waals surface area contributed by atoms with Crippen LogP contribution in [-0.4, -0.2) is 35.6 Å². The third-order valence-electron chi connectivity index (χ3n) is 2.41. The lowest BCUT2D eigenvalue weighted by Crippen LogP contribution is -2.50. The summed E-state index contributed by atoms with van der Waals surface area (Å²) >= 11 is 0. The van der Waals surface area contributed by atoms with Gasteiger partial charge in [0.1, 0.15) is 6.54 Å². The minimum absolute atomic E-state index is 0.403. The van der Waals surface area contributed by atoms with Gasteiger partial charge in [-0.05, 0) is 19.8 Å². The molecule has 0 bridgehead atoms. The number of alkyl halides is 3. The molecule has 0 aliphatic heterocycles. The molecule has 1 atom stereocenters. The van der Waals surface area contributed by atoms with Crippen molar-refractivity contribution in [1.82, 2.24) is 4.90 Å². The number of hydrogen-bond acceptors (Lipinski definition) is 2. The molecular formula is C10H19F3N2O. The maximum atomic E-state index is 12.3. The summed E-state index contributed by atoms with van der Waals surface area (Å²) in [7, 11) is 0. The fraction of sp³-hybridized carbons (Fsp3) is 0.900. The van der Waals surface area contributed by atoms with Gasteiger partial charge in [0.15, 0.2) is 0 Å². The summed E-state index contributed by atoms with van der Waals surface area (Å²) in [6, 6.07) is -1.30. The molecule has 16 heavy (non-hydrogen) atoms. The SMILES string of the molecule is CCC(CC)N(CC(F)(F)F)C(=O)[C@@H](C)N. The smallest absolute Gasteiger partial charge is 0.329 e. The van der Waals surface area contributed by atoms with Crippen LogP contribution in [-0.2, 0) is 4.79 Å². The number of nitrogens with zero attached hydrogens (tertiary/aromatic N) is 1. The van der Waals surface area contributed by atoms with Crippen molar-refractivity contribution in [2.24, 2.45) is 5.73 Å². The van der Waals surface area contributed by atoms with Crippen molar-refractivity contribution < 1.29 is 18.0 Å². The second-order valence-corrected chi connectivity index (χ2v) is 3.84. The van der Waals surface area contributed by atoms with Crippen molar-refractivity contribution in [3.63, 3.8) is 0 Å². The Morgan fingerprint density at radius 2 is 1.75 bits per heavy atom. The Labute approximate surface area is 93.8 Å². The number of carbonyl (C=O) groups is 1. The van der Waals surface area contributed by atoms with E-state index in [1.165, 1.54) is 6.92 Å². The molecule has 0 aromatic rings. The molecule has 0 aromatic carbocycles. The molecule has 0 radical (unpaired) electrons. The molecule has 2 N–H and O–H groups in total. The summed E-state index contributed by atoms with van der Waals surface area (Å²) < 4.78 is 37.0. The van der Waals surface area contributed by atoms with E-state index in [4.69, 9.17) is 5.73 Å². The molecule has 1 amide bonds. The minimum atomic E-state index is -4.38. The van der Waals surface area contributed by atoms with Gasteiger partial charge in [-0.25, -0.2) is 0 Å². The normalized spacial score (nSPS) is 14.0. The Bertz CT molecular complexity index is 225. The van der Waals surface area contributed by atoms with Crippen LogP contribution in [0.5, 0.6) is 0 Å². The van der Waals surface area contributed by atoms with Crippen LogP contribution >= 0.6 is 0 Å². The van der Waals surface area contributed by atoms with Crippen LogP contribution in [0.3, 0.4) is 0 Å². The highest BCUT2D eigenvalue weighted by Crippen LogP contribution is 2.20. The zero-order chi connectivity index (χ0) is 12.9. The Balaban J connectivity index is 4.82. The molecule has 3 nitrogen and oxygen atoms in total. The first-order valence-corrected chi connectivity index (χ1v) is 5.35. The van der Waals surface area contributed by atoms with Gasteiger partial charge in [-0.15, -0.1) is 0 Å². The Hall–Kier alpha value is -0.780. The maximum absolute atomic E-state index is 12.3. The molecule has 0 saturated heterocycles. The topological polar surface area (TPSA) is 46.3 Å². The van der Waals surface area contributed by atoms with Gasteiger partial charge in [-0.2, -0.15) is 13.2 Å². The van der Waals surface area contributed by atoms with Crippen molar-refractivity contribution >= 4 is 5.91 Å². The van der Waals surface area contributed by atoms with Gasteiger partial charge in [0.2, 0.25) is 5.91 Å². The van der Waals surface area contributed by atoms with Crippen LogP contribution in [0.25, 0.3) is 0 Å². The third-order valence-corrected chi connectivity index (χ3v) is 2.41. The first kappa shape index (κ1) is 15.2. The van der Waals surface area contributed by atoms with Crippen LogP contribution in [0.4, 0.5) is 13.2 Å². The summed E-state index contributed by atoms with van der Waals surface area (Å²) in [5.74, 6) is -0.647. The highest BCUT2D eigenvalue weighted by atomic mass is 19.4. The molecular weight excluding hydrogens is 221 g/mol. The molecule has 6 heteroatoms. The second kappa shape index (κ2) is 6.08. The fourth-order valence-electron chi connectivity index (χ4n) is 1.57. The summed E-state index contributed by atoms with van der Waals surface area (Å²) in [6.07, 6.45) is -3.40. The van der Waals surface area contributed by atoms with E-state index in [2.05, 4.69) is 0 Å². The predicted molar refractivity (Wildman–Crippen MR) is 55.8 cm³/mol. The maximum Gasteiger partial charge on any atom is 0.406 e. The lowest BCUT2D eigenvalue weighted by Gasteiger charge is -2.32. The number of nitrogens with two attached hydrogens (primary N) is 1. The van der Waals surface area contributed by atoms with Gasteiger partial charge >= 0.3 is 6.18 Å². The van der Waals surface area contributed by atoms with Crippen molar-refractivity contribution in [2.75, 3.05) is 6.54 Å². The van der Waals surface area contributed by atoms with E-state index in [-0.39, 0.29) is 0 Å². The largest absolute Gasteiger partial charge is 0.406 e. The molecule has 0 fully saturated rings. The van der Waals surface area contributed by atoms with Crippen molar-refractivity contribution in [3.8, 4) is 0 Å². The van der Waals surface area contributed by atoms with Crippen LogP contribution in [0.2, 0.25) is 0 Å². The molecule has 0 aromatic heterocycles. The summed E-state index contributed by atoms with van der Waals surface area (Å²) in [5.41, 5.74) is 5.34. The predicted octanol–water partition coefficient (Wildman–Crippen LogP) is 1.91. The van der Waals surface area contributed by atoms with E-state index < -0.39 is 30.7 Å². The fourth-order valence-corrected chi connectivity index (χ4v) is 1.57. The summed E-state index contributed by atoms with van der Waals surface area (Å²) in [6.45, 7) is 3.69. The minimum Gasteiger partial charge on any atom is -0.329 e. The van der Waals surface area contributed by atoms with E-state index in [0.29, 0.717) is 12.8 Å². The molecule has 0 heterocycles. The molecule has 0 aliphatic carbocycles. The Morgan fingerprint density at radius 1 is 1.31 bits per heavy atom. The van der Waals surface area contributed by atoms with Crippen LogP contribution < -0.4 is 5.73 Å². The summed E-state index contributed by atoms with van der Waals surface area (Å²) in [5, 5.41) is 0. The van der Waals surface area contributed by atoms with E-state index in [1.807, 2.05) is 0 Å². The number of carbonyl (C=O) groups excluding carboxylic acids is 1. The quantitative estimate of drug-likeness (QED) is 0.798. The lowest BCUT2D eigenvalue weighted by molar-refractivity contribution is -0.166. The van der Waals surface area contributed by atoms with E-state index in [0.717, 1.165) is 4.90 Å². The Morgan fingerprint density at radius 3 is 2.00 bits per heavy atom. The van der Waals surface area contributed by atoms with Crippen LogP contribution in [0.15, 0.2) is 0 Å². The molecule has 0 spiro atoms. The lowest BCUT2D eigenvalue weighted by atomic mass is 10.1. The molecule has 0 saturated carbocycles. The van der Waals surface area contributed by atoms with Gasteiger partial charge in [-0.3, -0.25) is 4.79 Å². The standard InChI is InChI=1S/C10H19F3N2O/c1-4-8(5-2)15(6-10(11,12)13)9(16)7(3)14/h7-8H,4-6,14H2,1-3H3/t7-/m1/s1. The number of amides is 1. The molecule has 96 valence electrons. The van der Waals surface area contributed by atoms with E-state index >= 15 is 0 Å². The third kappa shape index (κ3) is 4.83. The number of hydrogen-bond donors (Lipinski definition) is 1. The first-order chi connectivity index (χ1) is 7.22. The van der Waals surface area contributed by atoms with E-state index in [9.17, 15) is 18.0 Å². The highest BCUT2D eigenvalue weighted by molar-refractivity contribution is 5.81. The van der Waals surface area contributed by atoms with Gasteiger partial charge in [0.05, 0.1) is 6.04 Å². The van der Waals surface area contributed by atoms with Crippen molar-refractivity contribution in [2.45, 2.75) is 51.9 Å². The Kier molecular flexibility index (Phi) is 5.78. The highest BCUT2D eigenvalue weighted by Gasteiger charge is 2.36. The summed E-state index contributed by atoms with van der Waals surface area (Å²) in [4.78, 5) is 12.4. The first-order valence-electron chi connectivity index (χ1n) is 5.35. The molecule has 0 aliphatic rings. The average Bonchev–Trinajstić information content (AvgIpc) is 2.15. The molecule has 0 unspecified atom stereocenters. The zero-order valence-corrected chi connectivity index (χ0v) is 9.84. The van der Waals surface area contributed by atoms with Crippen LogP contribution in [0, 0.1) is 0 Å². The average molecular weight is 240 g/mol. The van der Waals surface area contributed by atoms with Crippen molar-refractivity contribution in [1.29, 1.82) is 0 Å². The second-order valence-electron chi connectivity index (χ2n) is 3.84. The van der Waals surface area contributed by atoms with Crippen molar-refractivity contribution in [3.05, 3.63) is 0 Å². The number of halogens is 3. The van der Waals surface area contributed by atoms with Gasteiger partial charge in [0.25, 0.3) is 0 Å². The van der Waals surface area contributed by atoms with Gasteiger partial charge < -0.3 is 10.6 Å².